The second kappa shape index (κ2) is 7.09. The normalized spacial score (nSPS) is 20.9. The van der Waals surface area contributed by atoms with Gasteiger partial charge in [0.25, 0.3) is 0 Å². The van der Waals surface area contributed by atoms with E-state index < -0.39 is 5.60 Å². The molecule has 0 radical (unpaired) electrons. The van der Waals surface area contributed by atoms with Crippen molar-refractivity contribution in [2.75, 3.05) is 5.73 Å². The minimum absolute atomic E-state index is 0.133. The SMILES string of the molecule is CCc1nn(C2CCC(NC(=O)OC(C)(C)C)CC2)c2ncnc(N)c12. The van der Waals surface area contributed by atoms with Crippen molar-refractivity contribution in [2.24, 2.45) is 0 Å². The molecular formula is C18H28N6O2. The number of alkyl carbamates (subject to hydrolysis) is 1. The molecule has 3 N–H and O–H groups in total. The molecule has 1 saturated carbocycles. The van der Waals surface area contributed by atoms with Gasteiger partial charge in [0.05, 0.1) is 17.1 Å². The molecule has 1 aliphatic rings. The van der Waals surface area contributed by atoms with Gasteiger partial charge in [-0.15, -0.1) is 0 Å². The molecule has 0 saturated heterocycles. The molecule has 0 aliphatic heterocycles. The molecule has 2 heterocycles. The summed E-state index contributed by atoms with van der Waals surface area (Å²) in [4.78, 5) is 20.5. The number of nitrogens with two attached hydrogens (primary N) is 1. The monoisotopic (exact) mass is 360 g/mol. The maximum Gasteiger partial charge on any atom is 0.407 e. The van der Waals surface area contributed by atoms with E-state index in [-0.39, 0.29) is 18.2 Å². The van der Waals surface area contributed by atoms with Gasteiger partial charge in [-0.2, -0.15) is 5.10 Å². The molecule has 8 heteroatoms. The summed E-state index contributed by atoms with van der Waals surface area (Å²) in [6, 6.07) is 0.386. The number of nitrogens with zero attached hydrogens (tertiary/aromatic N) is 4. The maximum atomic E-state index is 12.0. The van der Waals surface area contributed by atoms with Gasteiger partial charge >= 0.3 is 6.09 Å². The molecule has 0 unspecified atom stereocenters. The number of nitrogens with one attached hydrogen (secondary N) is 1. The van der Waals surface area contributed by atoms with E-state index in [2.05, 4.69) is 22.2 Å². The highest BCUT2D eigenvalue weighted by Gasteiger charge is 2.28. The van der Waals surface area contributed by atoms with E-state index in [4.69, 9.17) is 15.6 Å². The van der Waals surface area contributed by atoms with Crippen molar-refractivity contribution in [3.63, 3.8) is 0 Å². The van der Waals surface area contributed by atoms with Crippen molar-refractivity contribution in [3.05, 3.63) is 12.0 Å². The topological polar surface area (TPSA) is 108 Å². The summed E-state index contributed by atoms with van der Waals surface area (Å²) in [5, 5.41) is 8.59. The molecule has 8 nitrogen and oxygen atoms in total. The predicted octanol–water partition coefficient (Wildman–Crippen LogP) is 2.98. The summed E-state index contributed by atoms with van der Waals surface area (Å²) in [7, 11) is 0. The van der Waals surface area contributed by atoms with Crippen LogP contribution < -0.4 is 11.1 Å². The Morgan fingerprint density at radius 2 is 2.00 bits per heavy atom. The largest absolute Gasteiger partial charge is 0.444 e. The molecule has 2 aromatic rings. The molecule has 2 aromatic heterocycles. The first-order valence-corrected chi connectivity index (χ1v) is 9.25. The fourth-order valence-electron chi connectivity index (χ4n) is 3.51. The Kier molecular flexibility index (Phi) is 5.02. The maximum absolute atomic E-state index is 12.0. The summed E-state index contributed by atoms with van der Waals surface area (Å²) in [6.07, 6.45) is 5.54. The number of carbonyl (C=O) groups is 1. The van der Waals surface area contributed by atoms with Crippen LogP contribution in [0.4, 0.5) is 10.6 Å². The van der Waals surface area contributed by atoms with E-state index in [9.17, 15) is 4.79 Å². The quantitative estimate of drug-likeness (QED) is 0.871. The van der Waals surface area contributed by atoms with Crippen LogP contribution in [0.2, 0.25) is 0 Å². The number of fused-ring (bicyclic) bond motifs is 1. The zero-order valence-corrected chi connectivity index (χ0v) is 16.0. The Labute approximate surface area is 153 Å². The Bertz CT molecular complexity index is 787. The van der Waals surface area contributed by atoms with Gasteiger partial charge < -0.3 is 15.8 Å². The lowest BCUT2D eigenvalue weighted by Crippen LogP contribution is -2.41. The predicted molar refractivity (Wildman–Crippen MR) is 99.8 cm³/mol. The summed E-state index contributed by atoms with van der Waals surface area (Å²) in [5.41, 5.74) is 7.30. The number of ether oxygens (including phenoxy) is 1. The van der Waals surface area contributed by atoms with Crippen LogP contribution >= 0.6 is 0 Å². The first kappa shape index (κ1) is 18.4. The second-order valence-corrected chi connectivity index (χ2v) is 7.85. The van der Waals surface area contributed by atoms with Gasteiger partial charge in [0.2, 0.25) is 0 Å². The van der Waals surface area contributed by atoms with E-state index in [0.717, 1.165) is 48.8 Å². The second-order valence-electron chi connectivity index (χ2n) is 7.85. The summed E-state index contributed by atoms with van der Waals surface area (Å²) >= 11 is 0. The van der Waals surface area contributed by atoms with Crippen molar-refractivity contribution >= 4 is 22.9 Å². The van der Waals surface area contributed by atoms with Crippen LogP contribution in [-0.4, -0.2) is 37.5 Å². The molecule has 142 valence electrons. The van der Waals surface area contributed by atoms with Crippen LogP contribution in [0.5, 0.6) is 0 Å². The van der Waals surface area contributed by atoms with Crippen molar-refractivity contribution in [3.8, 4) is 0 Å². The third kappa shape index (κ3) is 3.89. The standard InChI is InChI=1S/C18H28N6O2/c1-5-13-14-15(19)20-10-21-16(14)24(23-13)12-8-6-11(7-9-12)22-17(25)26-18(2,3)4/h10-12H,5-9H2,1-4H3,(H,22,25)(H2,19,20,21). The Morgan fingerprint density at radius 3 is 2.62 bits per heavy atom. The average Bonchev–Trinajstić information content (AvgIpc) is 2.94. The summed E-state index contributed by atoms with van der Waals surface area (Å²) in [6.45, 7) is 7.65. The van der Waals surface area contributed by atoms with Gasteiger partial charge in [-0.3, -0.25) is 0 Å². The lowest BCUT2D eigenvalue weighted by atomic mass is 9.91. The summed E-state index contributed by atoms with van der Waals surface area (Å²) in [5.74, 6) is 0.485. The molecule has 0 atom stereocenters. The van der Waals surface area contributed by atoms with Gasteiger partial charge in [0.15, 0.2) is 5.65 Å². The van der Waals surface area contributed by atoms with Gasteiger partial charge in [0.1, 0.15) is 17.7 Å². The number of rotatable bonds is 3. The number of hydrogen-bond donors (Lipinski definition) is 2. The number of aryl methyl sites for hydroxylation is 1. The third-order valence-corrected chi connectivity index (χ3v) is 4.69. The lowest BCUT2D eigenvalue weighted by Gasteiger charge is -2.30. The summed E-state index contributed by atoms with van der Waals surface area (Å²) < 4.78 is 7.34. The Hall–Kier alpha value is -2.38. The minimum atomic E-state index is -0.481. The fraction of sp³-hybridized carbons (Fsp3) is 0.667. The van der Waals surface area contributed by atoms with Crippen LogP contribution in [0.25, 0.3) is 11.0 Å². The zero-order valence-electron chi connectivity index (χ0n) is 16.0. The van der Waals surface area contributed by atoms with E-state index >= 15 is 0 Å². The smallest absolute Gasteiger partial charge is 0.407 e. The Balaban J connectivity index is 1.68. The first-order chi connectivity index (χ1) is 12.3. The lowest BCUT2D eigenvalue weighted by molar-refractivity contribution is 0.0487. The molecular weight excluding hydrogens is 332 g/mol. The first-order valence-electron chi connectivity index (χ1n) is 9.25. The number of carbonyl (C=O) groups excluding carboxylic acids is 1. The third-order valence-electron chi connectivity index (χ3n) is 4.69. The van der Waals surface area contributed by atoms with Crippen LogP contribution in [0.1, 0.15) is 65.1 Å². The highest BCUT2D eigenvalue weighted by molar-refractivity contribution is 5.88. The van der Waals surface area contributed by atoms with Crippen molar-refractivity contribution in [2.45, 2.75) is 77.5 Å². The highest BCUT2D eigenvalue weighted by Crippen LogP contribution is 2.32. The molecule has 3 rings (SSSR count). The van der Waals surface area contributed by atoms with E-state index in [1.54, 1.807) is 0 Å². The van der Waals surface area contributed by atoms with Crippen molar-refractivity contribution < 1.29 is 9.53 Å². The molecule has 1 aliphatic carbocycles. The molecule has 0 aromatic carbocycles. The molecule has 0 bridgehead atoms. The minimum Gasteiger partial charge on any atom is -0.444 e. The number of hydrogen-bond acceptors (Lipinski definition) is 6. The van der Waals surface area contributed by atoms with Crippen molar-refractivity contribution in [1.82, 2.24) is 25.1 Å². The fourth-order valence-corrected chi connectivity index (χ4v) is 3.51. The number of amides is 1. The van der Waals surface area contributed by atoms with Crippen LogP contribution in [0.3, 0.4) is 0 Å². The molecule has 1 amide bonds. The molecule has 1 fully saturated rings. The van der Waals surface area contributed by atoms with Crippen molar-refractivity contribution in [1.29, 1.82) is 0 Å². The number of nitrogen functional groups attached to an aromatic ring is 1. The van der Waals surface area contributed by atoms with E-state index in [1.165, 1.54) is 6.33 Å². The Morgan fingerprint density at radius 1 is 1.31 bits per heavy atom. The van der Waals surface area contributed by atoms with Crippen LogP contribution in [0, 0.1) is 0 Å². The number of aromatic nitrogens is 4. The van der Waals surface area contributed by atoms with Crippen LogP contribution in [-0.2, 0) is 11.2 Å². The van der Waals surface area contributed by atoms with E-state index in [1.807, 2.05) is 25.5 Å². The average molecular weight is 360 g/mol. The van der Waals surface area contributed by atoms with Gasteiger partial charge in [0, 0.05) is 6.04 Å². The molecule has 0 spiro atoms. The van der Waals surface area contributed by atoms with Gasteiger partial charge in [-0.1, -0.05) is 6.92 Å². The number of anilines is 1. The van der Waals surface area contributed by atoms with Crippen LogP contribution in [0.15, 0.2) is 6.33 Å². The zero-order chi connectivity index (χ0) is 18.9. The van der Waals surface area contributed by atoms with E-state index in [0.29, 0.717) is 5.82 Å². The van der Waals surface area contributed by atoms with Gasteiger partial charge in [-0.25, -0.2) is 19.4 Å². The highest BCUT2D eigenvalue weighted by atomic mass is 16.6. The van der Waals surface area contributed by atoms with Gasteiger partial charge in [-0.05, 0) is 52.9 Å². The molecule has 26 heavy (non-hydrogen) atoms.